The molecule has 0 aromatic heterocycles. The van der Waals surface area contributed by atoms with Crippen LogP contribution in [0.25, 0.3) is 10.8 Å². The quantitative estimate of drug-likeness (QED) is 0.815. The van der Waals surface area contributed by atoms with Crippen LogP contribution in [0.1, 0.15) is 32.1 Å². The van der Waals surface area contributed by atoms with Crippen LogP contribution in [-0.2, 0) is 4.74 Å². The fraction of sp³-hybridized carbons (Fsp3) is 0.444. The molecule has 0 bridgehead atoms. The maximum Gasteiger partial charge on any atom is 0.0702 e. The average molecular weight is 346 g/mol. The van der Waals surface area contributed by atoms with E-state index in [1.165, 1.54) is 35.7 Å². The van der Waals surface area contributed by atoms with Crippen LogP contribution in [0.5, 0.6) is 0 Å². The molecule has 1 spiro atoms. The van der Waals surface area contributed by atoms with Crippen LogP contribution in [0.15, 0.2) is 40.9 Å². The van der Waals surface area contributed by atoms with Crippen LogP contribution < -0.4 is 5.32 Å². The van der Waals surface area contributed by atoms with Gasteiger partial charge < -0.3 is 10.1 Å². The first-order chi connectivity index (χ1) is 10.3. The van der Waals surface area contributed by atoms with Crippen molar-refractivity contribution in [3.63, 3.8) is 0 Å². The molecule has 2 aliphatic rings. The van der Waals surface area contributed by atoms with E-state index < -0.39 is 0 Å². The Hall–Kier alpha value is -1.06. The van der Waals surface area contributed by atoms with E-state index in [2.05, 4.69) is 57.6 Å². The highest BCUT2D eigenvalue weighted by Gasteiger charge is 2.42. The number of nitrogens with one attached hydrogen (secondary N) is 1. The molecule has 110 valence electrons. The van der Waals surface area contributed by atoms with E-state index in [4.69, 9.17) is 4.74 Å². The molecular formula is C18H20BrNO. The van der Waals surface area contributed by atoms with Crippen molar-refractivity contribution in [2.24, 2.45) is 0 Å². The van der Waals surface area contributed by atoms with Crippen molar-refractivity contribution < 1.29 is 4.74 Å². The molecule has 2 aromatic rings. The summed E-state index contributed by atoms with van der Waals surface area (Å²) in [4.78, 5) is 0. The summed E-state index contributed by atoms with van der Waals surface area (Å²) < 4.78 is 7.19. The van der Waals surface area contributed by atoms with Crippen molar-refractivity contribution in [2.75, 3.05) is 11.9 Å². The summed E-state index contributed by atoms with van der Waals surface area (Å²) in [7, 11) is 0. The van der Waals surface area contributed by atoms with Crippen molar-refractivity contribution in [3.05, 3.63) is 40.9 Å². The number of anilines is 1. The number of benzene rings is 2. The minimum Gasteiger partial charge on any atom is -0.382 e. The van der Waals surface area contributed by atoms with E-state index in [9.17, 15) is 0 Å². The molecular weight excluding hydrogens is 326 g/mol. The van der Waals surface area contributed by atoms with Gasteiger partial charge in [0, 0.05) is 28.2 Å². The molecule has 1 aliphatic carbocycles. The number of halogens is 1. The van der Waals surface area contributed by atoms with Gasteiger partial charge in [0.2, 0.25) is 0 Å². The lowest BCUT2D eigenvalue weighted by Crippen LogP contribution is -2.49. The highest BCUT2D eigenvalue weighted by atomic mass is 79.9. The Bertz CT molecular complexity index is 665. The Balaban J connectivity index is 1.61. The van der Waals surface area contributed by atoms with Crippen molar-refractivity contribution in [1.29, 1.82) is 0 Å². The predicted molar refractivity (Wildman–Crippen MR) is 90.8 cm³/mol. The minimum atomic E-state index is 0.196. The molecule has 2 fully saturated rings. The second-order valence-electron chi connectivity index (χ2n) is 6.36. The number of hydrogen-bond acceptors (Lipinski definition) is 2. The van der Waals surface area contributed by atoms with E-state index >= 15 is 0 Å². The maximum atomic E-state index is 6.03. The highest BCUT2D eigenvalue weighted by molar-refractivity contribution is 9.10. The highest BCUT2D eigenvalue weighted by Crippen LogP contribution is 2.43. The zero-order valence-electron chi connectivity index (χ0n) is 12.1. The van der Waals surface area contributed by atoms with Crippen molar-refractivity contribution in [3.8, 4) is 0 Å². The normalized spacial score (nSPS) is 24.0. The lowest BCUT2D eigenvalue weighted by atomic mass is 9.74. The largest absolute Gasteiger partial charge is 0.382 e. The standard InChI is InChI=1S/C18H20BrNO/c19-16-6-7-17(15-5-2-1-4-14(15)16)20-13-8-11-21-18(12-13)9-3-10-18/h1-2,4-7,13,20H,3,8-12H2. The van der Waals surface area contributed by atoms with Crippen LogP contribution in [0, 0.1) is 0 Å². The summed E-state index contributed by atoms with van der Waals surface area (Å²) in [5.74, 6) is 0. The number of ether oxygens (including phenoxy) is 1. The third kappa shape index (κ3) is 2.47. The molecule has 1 saturated carbocycles. The monoisotopic (exact) mass is 345 g/mol. The molecule has 1 unspecified atom stereocenters. The van der Waals surface area contributed by atoms with E-state index in [1.54, 1.807) is 0 Å². The zero-order valence-corrected chi connectivity index (χ0v) is 13.7. The van der Waals surface area contributed by atoms with Gasteiger partial charge in [-0.25, -0.2) is 0 Å². The number of hydrogen-bond donors (Lipinski definition) is 1. The topological polar surface area (TPSA) is 21.3 Å². The van der Waals surface area contributed by atoms with E-state index in [1.807, 2.05) is 0 Å². The third-order valence-corrected chi connectivity index (χ3v) is 5.68. The van der Waals surface area contributed by atoms with Gasteiger partial charge in [0.25, 0.3) is 0 Å². The Morgan fingerprint density at radius 3 is 2.67 bits per heavy atom. The summed E-state index contributed by atoms with van der Waals surface area (Å²) in [6, 6.07) is 13.4. The van der Waals surface area contributed by atoms with Gasteiger partial charge >= 0.3 is 0 Å². The fourth-order valence-corrected chi connectivity index (χ4v) is 4.16. The molecule has 0 radical (unpaired) electrons. The molecule has 1 N–H and O–H groups in total. The molecule has 0 amide bonds. The van der Waals surface area contributed by atoms with Crippen LogP contribution in [-0.4, -0.2) is 18.2 Å². The second-order valence-corrected chi connectivity index (χ2v) is 7.21. The Kier molecular flexibility index (Phi) is 3.43. The van der Waals surface area contributed by atoms with Crippen LogP contribution in [0.4, 0.5) is 5.69 Å². The van der Waals surface area contributed by atoms with Crippen LogP contribution >= 0.6 is 15.9 Å². The molecule has 21 heavy (non-hydrogen) atoms. The molecule has 1 aliphatic heterocycles. The van der Waals surface area contributed by atoms with Crippen molar-refractivity contribution in [2.45, 2.75) is 43.7 Å². The molecule has 1 atom stereocenters. The van der Waals surface area contributed by atoms with Gasteiger partial charge in [-0.05, 0) is 49.6 Å². The van der Waals surface area contributed by atoms with Gasteiger partial charge in [0.1, 0.15) is 0 Å². The first kappa shape index (κ1) is 13.6. The summed E-state index contributed by atoms with van der Waals surface area (Å²) >= 11 is 3.65. The van der Waals surface area contributed by atoms with Gasteiger partial charge in [0.15, 0.2) is 0 Å². The van der Waals surface area contributed by atoms with Gasteiger partial charge in [-0.1, -0.05) is 40.2 Å². The van der Waals surface area contributed by atoms with Gasteiger partial charge in [-0.3, -0.25) is 0 Å². The minimum absolute atomic E-state index is 0.196. The smallest absolute Gasteiger partial charge is 0.0702 e. The Morgan fingerprint density at radius 1 is 1.10 bits per heavy atom. The fourth-order valence-electron chi connectivity index (χ4n) is 3.68. The second kappa shape index (κ2) is 5.29. The maximum absolute atomic E-state index is 6.03. The molecule has 1 saturated heterocycles. The Labute approximate surface area is 134 Å². The lowest BCUT2D eigenvalue weighted by molar-refractivity contribution is -0.130. The number of fused-ring (bicyclic) bond motifs is 1. The molecule has 3 heteroatoms. The molecule has 1 heterocycles. The van der Waals surface area contributed by atoms with E-state index in [-0.39, 0.29) is 5.60 Å². The summed E-state index contributed by atoms with van der Waals surface area (Å²) in [6.07, 6.45) is 6.07. The summed E-state index contributed by atoms with van der Waals surface area (Å²) in [5, 5.41) is 6.34. The first-order valence-electron chi connectivity index (χ1n) is 7.84. The van der Waals surface area contributed by atoms with E-state index in [0.29, 0.717) is 6.04 Å². The number of rotatable bonds is 2. The first-order valence-corrected chi connectivity index (χ1v) is 8.63. The van der Waals surface area contributed by atoms with Crippen molar-refractivity contribution >= 4 is 32.4 Å². The van der Waals surface area contributed by atoms with Crippen LogP contribution in [0.2, 0.25) is 0 Å². The molecule has 4 rings (SSSR count). The third-order valence-electron chi connectivity index (χ3n) is 4.99. The van der Waals surface area contributed by atoms with Crippen LogP contribution in [0.3, 0.4) is 0 Å². The SMILES string of the molecule is Brc1ccc(NC2CCOC3(CCC3)C2)c2ccccc12. The lowest BCUT2D eigenvalue weighted by Gasteiger charge is -2.47. The molecule has 2 nitrogen and oxygen atoms in total. The average Bonchev–Trinajstić information content (AvgIpc) is 2.49. The zero-order chi connectivity index (χ0) is 14.3. The van der Waals surface area contributed by atoms with Gasteiger partial charge in [0.05, 0.1) is 5.60 Å². The van der Waals surface area contributed by atoms with E-state index in [0.717, 1.165) is 23.9 Å². The Morgan fingerprint density at radius 2 is 1.90 bits per heavy atom. The summed E-state index contributed by atoms with van der Waals surface area (Å²) in [5.41, 5.74) is 1.44. The van der Waals surface area contributed by atoms with Gasteiger partial charge in [-0.15, -0.1) is 0 Å². The molecule has 2 aromatic carbocycles. The van der Waals surface area contributed by atoms with Gasteiger partial charge in [-0.2, -0.15) is 0 Å². The van der Waals surface area contributed by atoms with Crippen molar-refractivity contribution in [1.82, 2.24) is 0 Å². The summed E-state index contributed by atoms with van der Waals surface area (Å²) in [6.45, 7) is 0.895. The predicted octanol–water partition coefficient (Wildman–Crippen LogP) is 5.12.